The lowest BCUT2D eigenvalue weighted by atomic mass is 9.64. The molecule has 1 heterocycles. The maximum Gasteiger partial charge on any atom is 0.230 e. The van der Waals surface area contributed by atoms with E-state index in [0.717, 1.165) is 30.4 Å². The Morgan fingerprint density at radius 1 is 1.29 bits per heavy atom. The second-order valence-electron chi connectivity index (χ2n) is 5.58. The van der Waals surface area contributed by atoms with Crippen LogP contribution >= 0.6 is 11.3 Å². The molecule has 110 valence electrons. The van der Waals surface area contributed by atoms with E-state index in [2.05, 4.69) is 5.32 Å². The Morgan fingerprint density at radius 2 is 2.05 bits per heavy atom. The normalized spacial score (nSPS) is 17.8. The van der Waals surface area contributed by atoms with Gasteiger partial charge >= 0.3 is 0 Å². The zero-order valence-electron chi connectivity index (χ0n) is 11.8. The van der Waals surface area contributed by atoms with Crippen molar-refractivity contribution in [1.29, 1.82) is 0 Å². The van der Waals surface area contributed by atoms with Gasteiger partial charge in [0.2, 0.25) is 5.91 Å². The van der Waals surface area contributed by atoms with Gasteiger partial charge in [-0.05, 0) is 40.8 Å². The van der Waals surface area contributed by atoms with Crippen LogP contribution in [0.5, 0.6) is 0 Å². The lowest BCUT2D eigenvalue weighted by Crippen LogP contribution is -2.50. The molecule has 0 spiro atoms. The van der Waals surface area contributed by atoms with Crippen LogP contribution in [0.4, 0.5) is 0 Å². The highest BCUT2D eigenvalue weighted by Gasteiger charge is 2.45. The summed E-state index contributed by atoms with van der Waals surface area (Å²) < 4.78 is 0. The fourth-order valence-electron chi connectivity index (χ4n) is 2.88. The average molecular weight is 301 g/mol. The van der Waals surface area contributed by atoms with Crippen molar-refractivity contribution in [2.75, 3.05) is 6.54 Å². The second kappa shape index (κ2) is 6.00. The van der Waals surface area contributed by atoms with Crippen molar-refractivity contribution in [3.8, 4) is 0 Å². The van der Waals surface area contributed by atoms with Crippen LogP contribution < -0.4 is 5.32 Å². The van der Waals surface area contributed by atoms with Gasteiger partial charge in [0, 0.05) is 6.54 Å². The summed E-state index contributed by atoms with van der Waals surface area (Å²) in [6.07, 6.45) is 2.22. The molecule has 1 aliphatic carbocycles. The van der Waals surface area contributed by atoms with Crippen LogP contribution in [0.1, 0.15) is 36.5 Å². The summed E-state index contributed by atoms with van der Waals surface area (Å²) in [5.74, 6) is 0.0363. The van der Waals surface area contributed by atoms with Gasteiger partial charge in [0.25, 0.3) is 0 Å². The number of carbonyl (C=O) groups is 1. The minimum atomic E-state index is -0.631. The number of carbonyl (C=O) groups excluding carboxylic acids is 1. The Balaban J connectivity index is 1.67. The monoisotopic (exact) mass is 301 g/mol. The highest BCUT2D eigenvalue weighted by Crippen LogP contribution is 2.43. The molecule has 0 unspecified atom stereocenters. The Labute approximate surface area is 128 Å². The van der Waals surface area contributed by atoms with Crippen LogP contribution in [-0.4, -0.2) is 17.6 Å². The Bertz CT molecular complexity index is 591. The summed E-state index contributed by atoms with van der Waals surface area (Å²) in [6.45, 7) is 0.268. The van der Waals surface area contributed by atoms with E-state index in [9.17, 15) is 9.90 Å². The fraction of sp³-hybridized carbons (Fsp3) is 0.353. The maximum atomic E-state index is 12.6. The van der Waals surface area contributed by atoms with E-state index in [-0.39, 0.29) is 12.5 Å². The number of amides is 1. The van der Waals surface area contributed by atoms with E-state index in [1.807, 2.05) is 47.2 Å². The molecule has 0 aliphatic heterocycles. The quantitative estimate of drug-likeness (QED) is 0.892. The number of aliphatic hydroxyl groups excluding tert-OH is 1. The molecule has 3 nitrogen and oxygen atoms in total. The number of aliphatic hydroxyl groups is 1. The number of thiophene rings is 1. The Kier molecular flexibility index (Phi) is 4.08. The third kappa shape index (κ3) is 2.74. The molecule has 2 N–H and O–H groups in total. The van der Waals surface area contributed by atoms with Gasteiger partial charge in [-0.25, -0.2) is 0 Å². The van der Waals surface area contributed by atoms with Gasteiger partial charge in [0.05, 0.1) is 11.5 Å². The Morgan fingerprint density at radius 3 is 2.62 bits per heavy atom. The van der Waals surface area contributed by atoms with Crippen molar-refractivity contribution in [2.24, 2.45) is 0 Å². The molecule has 1 aromatic heterocycles. The van der Waals surface area contributed by atoms with Crippen LogP contribution in [0.25, 0.3) is 0 Å². The predicted molar refractivity (Wildman–Crippen MR) is 84.3 cm³/mol. The molecule has 1 atom stereocenters. The van der Waals surface area contributed by atoms with E-state index in [0.29, 0.717) is 0 Å². The van der Waals surface area contributed by atoms with Crippen LogP contribution in [0.2, 0.25) is 0 Å². The summed E-state index contributed by atoms with van der Waals surface area (Å²) in [4.78, 5) is 12.6. The zero-order valence-corrected chi connectivity index (χ0v) is 12.6. The van der Waals surface area contributed by atoms with Gasteiger partial charge in [-0.1, -0.05) is 36.8 Å². The smallest absolute Gasteiger partial charge is 0.230 e. The van der Waals surface area contributed by atoms with Crippen molar-refractivity contribution in [3.05, 3.63) is 58.3 Å². The molecule has 1 fully saturated rings. The number of hydrogen-bond acceptors (Lipinski definition) is 3. The van der Waals surface area contributed by atoms with Crippen LogP contribution in [0.3, 0.4) is 0 Å². The van der Waals surface area contributed by atoms with E-state index in [4.69, 9.17) is 0 Å². The molecule has 1 aliphatic rings. The molecular formula is C17H19NO2S. The zero-order chi connectivity index (χ0) is 14.7. The molecular weight excluding hydrogens is 282 g/mol. The standard InChI is InChI=1S/C17H19NO2S/c19-15(13-7-10-21-12-13)11-18-16(20)17(8-4-9-17)14-5-2-1-3-6-14/h1-3,5-7,10,12,15,19H,4,8-9,11H2,(H,18,20)/t15-/m0/s1. The van der Waals surface area contributed by atoms with E-state index < -0.39 is 11.5 Å². The van der Waals surface area contributed by atoms with Crippen LogP contribution in [0, 0.1) is 0 Å². The van der Waals surface area contributed by atoms with Gasteiger partial charge in [0.15, 0.2) is 0 Å². The van der Waals surface area contributed by atoms with Gasteiger partial charge in [-0.15, -0.1) is 0 Å². The van der Waals surface area contributed by atoms with Crippen molar-refractivity contribution in [2.45, 2.75) is 30.8 Å². The molecule has 2 aromatic rings. The number of hydrogen-bond donors (Lipinski definition) is 2. The SMILES string of the molecule is O=C(NC[C@H](O)c1ccsc1)C1(c2ccccc2)CCC1. The summed E-state index contributed by atoms with van der Waals surface area (Å²) in [7, 11) is 0. The fourth-order valence-corrected chi connectivity index (χ4v) is 3.58. The first-order valence-electron chi connectivity index (χ1n) is 7.26. The molecule has 1 saturated carbocycles. The first-order chi connectivity index (χ1) is 10.2. The van der Waals surface area contributed by atoms with E-state index in [1.54, 1.807) is 11.3 Å². The topological polar surface area (TPSA) is 49.3 Å². The number of benzene rings is 1. The predicted octanol–water partition coefficient (Wildman–Crippen LogP) is 3.02. The van der Waals surface area contributed by atoms with Crippen molar-refractivity contribution < 1.29 is 9.90 Å². The molecule has 0 bridgehead atoms. The van der Waals surface area contributed by atoms with Crippen LogP contribution in [-0.2, 0) is 10.2 Å². The van der Waals surface area contributed by atoms with Gasteiger partial charge in [-0.3, -0.25) is 4.79 Å². The number of rotatable bonds is 5. The van der Waals surface area contributed by atoms with Gasteiger partial charge < -0.3 is 10.4 Å². The third-order valence-corrected chi connectivity index (χ3v) is 5.05. The summed E-state index contributed by atoms with van der Waals surface area (Å²) in [5, 5.41) is 16.8. The van der Waals surface area contributed by atoms with E-state index >= 15 is 0 Å². The molecule has 21 heavy (non-hydrogen) atoms. The highest BCUT2D eigenvalue weighted by molar-refractivity contribution is 7.07. The van der Waals surface area contributed by atoms with Crippen molar-refractivity contribution in [3.63, 3.8) is 0 Å². The molecule has 1 amide bonds. The molecule has 4 heteroatoms. The minimum absolute atomic E-state index is 0.0363. The largest absolute Gasteiger partial charge is 0.387 e. The van der Waals surface area contributed by atoms with Crippen molar-refractivity contribution >= 4 is 17.2 Å². The second-order valence-corrected chi connectivity index (χ2v) is 6.36. The summed E-state index contributed by atoms with van der Waals surface area (Å²) in [6, 6.07) is 11.8. The lowest BCUT2D eigenvalue weighted by molar-refractivity contribution is -0.130. The van der Waals surface area contributed by atoms with E-state index in [1.165, 1.54) is 0 Å². The maximum absolute atomic E-state index is 12.6. The molecule has 3 rings (SSSR count). The minimum Gasteiger partial charge on any atom is -0.387 e. The van der Waals surface area contributed by atoms with Gasteiger partial charge in [0.1, 0.15) is 0 Å². The average Bonchev–Trinajstić information content (AvgIpc) is 2.99. The highest BCUT2D eigenvalue weighted by atomic mass is 32.1. The first-order valence-corrected chi connectivity index (χ1v) is 8.21. The van der Waals surface area contributed by atoms with Gasteiger partial charge in [-0.2, -0.15) is 11.3 Å². The molecule has 1 aromatic carbocycles. The summed E-state index contributed by atoms with van der Waals surface area (Å²) >= 11 is 1.55. The third-order valence-electron chi connectivity index (χ3n) is 4.35. The van der Waals surface area contributed by atoms with Crippen LogP contribution in [0.15, 0.2) is 47.2 Å². The number of nitrogens with one attached hydrogen (secondary N) is 1. The summed E-state index contributed by atoms with van der Waals surface area (Å²) in [5.41, 5.74) is 1.55. The first kappa shape index (κ1) is 14.3. The molecule has 0 saturated heterocycles. The molecule has 0 radical (unpaired) electrons. The lowest BCUT2D eigenvalue weighted by Gasteiger charge is -2.40. The Hall–Kier alpha value is -1.65. The van der Waals surface area contributed by atoms with Crippen molar-refractivity contribution in [1.82, 2.24) is 5.32 Å².